The van der Waals surface area contributed by atoms with Gasteiger partial charge in [-0.2, -0.15) is 0 Å². The number of carboxylic acids is 1. The Hall–Kier alpha value is -2.30. The third-order valence-electron chi connectivity index (χ3n) is 3.00. The highest BCUT2D eigenvalue weighted by atomic mass is 16.5. The van der Waals surface area contributed by atoms with E-state index in [9.17, 15) is 4.79 Å². The monoisotopic (exact) mass is 260 g/mol. The summed E-state index contributed by atoms with van der Waals surface area (Å²) in [7, 11) is 1.96. The third kappa shape index (κ3) is 2.76. The molecule has 19 heavy (non-hydrogen) atoms. The summed E-state index contributed by atoms with van der Waals surface area (Å²) in [6.07, 6.45) is 0. The number of carboxylic acid groups (broad SMARTS) is 1. The highest BCUT2D eigenvalue weighted by Gasteiger charge is 2.14. The number of rotatable bonds is 4. The van der Waals surface area contributed by atoms with Gasteiger partial charge in [-0.15, -0.1) is 0 Å². The van der Waals surface area contributed by atoms with E-state index in [4.69, 9.17) is 9.63 Å². The molecule has 1 N–H and O–H groups in total. The van der Waals surface area contributed by atoms with Crippen molar-refractivity contribution in [3.63, 3.8) is 0 Å². The molecule has 0 radical (unpaired) electrons. The largest absolute Gasteiger partial charge is 0.478 e. The van der Waals surface area contributed by atoms with Crippen molar-refractivity contribution in [2.75, 3.05) is 11.9 Å². The van der Waals surface area contributed by atoms with Crippen LogP contribution >= 0.6 is 0 Å². The highest BCUT2D eigenvalue weighted by Crippen LogP contribution is 2.24. The Kier molecular flexibility index (Phi) is 3.55. The number of aromatic nitrogens is 1. The molecule has 0 aliphatic heterocycles. The molecule has 1 aromatic heterocycles. The topological polar surface area (TPSA) is 66.6 Å². The number of benzene rings is 1. The summed E-state index contributed by atoms with van der Waals surface area (Å²) in [5, 5.41) is 12.8. The molecule has 0 unspecified atom stereocenters. The van der Waals surface area contributed by atoms with Gasteiger partial charge in [0.2, 0.25) is 0 Å². The molecule has 0 aliphatic carbocycles. The van der Waals surface area contributed by atoms with Gasteiger partial charge in [0.15, 0.2) is 5.76 Å². The second-order valence-electron chi connectivity index (χ2n) is 4.53. The highest BCUT2D eigenvalue weighted by molar-refractivity contribution is 5.87. The van der Waals surface area contributed by atoms with Crippen molar-refractivity contribution < 1.29 is 14.4 Å². The minimum atomic E-state index is -0.911. The Labute approximate surface area is 111 Å². The van der Waals surface area contributed by atoms with Gasteiger partial charge in [0, 0.05) is 13.6 Å². The number of hydrogen-bond acceptors (Lipinski definition) is 4. The SMILES string of the molecule is Cc1noc(C)c1N(C)Cc1ccc(C(=O)O)cc1. The maximum atomic E-state index is 10.8. The van der Waals surface area contributed by atoms with E-state index in [-0.39, 0.29) is 0 Å². The van der Waals surface area contributed by atoms with Gasteiger partial charge < -0.3 is 14.5 Å². The minimum Gasteiger partial charge on any atom is -0.478 e. The molecule has 5 nitrogen and oxygen atoms in total. The first-order valence-electron chi connectivity index (χ1n) is 5.95. The fourth-order valence-electron chi connectivity index (χ4n) is 2.13. The summed E-state index contributed by atoms with van der Waals surface area (Å²) in [5.41, 5.74) is 3.15. The number of aryl methyl sites for hydroxylation is 2. The standard InChI is InChI=1S/C14H16N2O3/c1-9-13(10(2)19-15-9)16(3)8-11-4-6-12(7-5-11)14(17)18/h4-7H,8H2,1-3H3,(H,17,18). The number of aromatic carboxylic acids is 1. The van der Waals surface area contributed by atoms with Crippen LogP contribution in [0.5, 0.6) is 0 Å². The normalized spacial score (nSPS) is 10.5. The lowest BCUT2D eigenvalue weighted by molar-refractivity contribution is 0.0697. The van der Waals surface area contributed by atoms with Crippen molar-refractivity contribution >= 4 is 11.7 Å². The first-order valence-corrected chi connectivity index (χ1v) is 5.95. The number of nitrogens with zero attached hydrogens (tertiary/aromatic N) is 2. The van der Waals surface area contributed by atoms with E-state index < -0.39 is 5.97 Å². The lowest BCUT2D eigenvalue weighted by Crippen LogP contribution is -2.17. The van der Waals surface area contributed by atoms with Gasteiger partial charge in [-0.1, -0.05) is 17.3 Å². The van der Waals surface area contributed by atoms with E-state index >= 15 is 0 Å². The molecule has 0 saturated carbocycles. The summed E-state index contributed by atoms with van der Waals surface area (Å²) in [5.74, 6) is -0.132. The molecule has 0 bridgehead atoms. The maximum absolute atomic E-state index is 10.8. The van der Waals surface area contributed by atoms with Crippen molar-refractivity contribution in [2.45, 2.75) is 20.4 Å². The molecule has 0 atom stereocenters. The summed E-state index contributed by atoms with van der Waals surface area (Å²) in [4.78, 5) is 12.8. The van der Waals surface area contributed by atoms with Gasteiger partial charge in [0.05, 0.1) is 5.56 Å². The summed E-state index contributed by atoms with van der Waals surface area (Å²) in [6, 6.07) is 6.86. The lowest BCUT2D eigenvalue weighted by atomic mass is 10.1. The van der Waals surface area contributed by atoms with Crippen molar-refractivity contribution in [3.8, 4) is 0 Å². The summed E-state index contributed by atoms with van der Waals surface area (Å²) >= 11 is 0. The van der Waals surface area contributed by atoms with Gasteiger partial charge in [0.25, 0.3) is 0 Å². The molecule has 0 aliphatic rings. The zero-order valence-corrected chi connectivity index (χ0v) is 11.2. The second kappa shape index (κ2) is 5.14. The molecule has 1 heterocycles. The minimum absolute atomic E-state index is 0.295. The molecule has 0 saturated heterocycles. The number of anilines is 1. The second-order valence-corrected chi connectivity index (χ2v) is 4.53. The molecule has 0 amide bonds. The van der Waals surface area contributed by atoms with Gasteiger partial charge >= 0.3 is 5.97 Å². The molecule has 2 rings (SSSR count). The quantitative estimate of drug-likeness (QED) is 0.915. The van der Waals surface area contributed by atoms with E-state index in [0.29, 0.717) is 12.1 Å². The predicted octanol–water partition coefficient (Wildman–Crippen LogP) is 2.63. The average Bonchev–Trinajstić information content (AvgIpc) is 2.69. The van der Waals surface area contributed by atoms with E-state index in [0.717, 1.165) is 22.7 Å². The Morgan fingerprint density at radius 1 is 1.32 bits per heavy atom. The lowest BCUT2D eigenvalue weighted by Gasteiger charge is -2.18. The van der Waals surface area contributed by atoms with Crippen LogP contribution in [0.25, 0.3) is 0 Å². The van der Waals surface area contributed by atoms with Gasteiger partial charge in [0.1, 0.15) is 11.4 Å². The first-order chi connectivity index (χ1) is 8.99. The Balaban J connectivity index is 2.15. The van der Waals surface area contributed by atoms with Crippen molar-refractivity contribution in [1.82, 2.24) is 5.16 Å². The van der Waals surface area contributed by atoms with Crippen molar-refractivity contribution in [2.24, 2.45) is 0 Å². The van der Waals surface area contributed by atoms with Crippen LogP contribution in [0.3, 0.4) is 0 Å². The maximum Gasteiger partial charge on any atom is 0.335 e. The smallest absolute Gasteiger partial charge is 0.335 e. The van der Waals surface area contributed by atoms with Gasteiger partial charge in [-0.05, 0) is 31.5 Å². The van der Waals surface area contributed by atoms with Crippen LogP contribution < -0.4 is 4.90 Å². The van der Waals surface area contributed by atoms with Gasteiger partial charge in [-0.25, -0.2) is 4.79 Å². The molecule has 0 spiro atoms. The van der Waals surface area contributed by atoms with Crippen LogP contribution in [0.15, 0.2) is 28.8 Å². The fourth-order valence-corrected chi connectivity index (χ4v) is 2.13. The Bertz CT molecular complexity index is 568. The third-order valence-corrected chi connectivity index (χ3v) is 3.00. The molecule has 0 fully saturated rings. The van der Waals surface area contributed by atoms with Crippen LogP contribution in [0, 0.1) is 13.8 Å². The van der Waals surface area contributed by atoms with Crippen LogP contribution in [-0.2, 0) is 6.54 Å². The Morgan fingerprint density at radius 3 is 2.42 bits per heavy atom. The van der Waals surface area contributed by atoms with Crippen LogP contribution in [0.4, 0.5) is 5.69 Å². The van der Waals surface area contributed by atoms with E-state index in [1.165, 1.54) is 0 Å². The van der Waals surface area contributed by atoms with Crippen molar-refractivity contribution in [3.05, 3.63) is 46.8 Å². The number of carbonyl (C=O) groups is 1. The fraction of sp³-hybridized carbons (Fsp3) is 0.286. The molecule has 100 valence electrons. The zero-order valence-electron chi connectivity index (χ0n) is 11.2. The van der Waals surface area contributed by atoms with E-state index in [1.54, 1.807) is 12.1 Å². The molecule has 2 aromatic rings. The van der Waals surface area contributed by atoms with Crippen LogP contribution in [-0.4, -0.2) is 23.3 Å². The summed E-state index contributed by atoms with van der Waals surface area (Å²) < 4.78 is 5.14. The molecular weight excluding hydrogens is 244 g/mol. The van der Waals surface area contributed by atoms with E-state index in [2.05, 4.69) is 5.16 Å². The Morgan fingerprint density at radius 2 is 1.95 bits per heavy atom. The molecule has 1 aromatic carbocycles. The zero-order chi connectivity index (χ0) is 14.0. The molecular formula is C14H16N2O3. The number of hydrogen-bond donors (Lipinski definition) is 1. The van der Waals surface area contributed by atoms with Gasteiger partial charge in [-0.3, -0.25) is 0 Å². The first kappa shape index (κ1) is 13.1. The summed E-state index contributed by atoms with van der Waals surface area (Å²) in [6.45, 7) is 4.44. The van der Waals surface area contributed by atoms with E-state index in [1.807, 2.05) is 37.9 Å². The molecule has 5 heteroatoms. The van der Waals surface area contributed by atoms with Crippen LogP contribution in [0.1, 0.15) is 27.4 Å². The predicted molar refractivity (Wildman–Crippen MR) is 71.5 cm³/mol. The van der Waals surface area contributed by atoms with Crippen LogP contribution in [0.2, 0.25) is 0 Å². The average molecular weight is 260 g/mol. The van der Waals surface area contributed by atoms with Crippen molar-refractivity contribution in [1.29, 1.82) is 0 Å².